The fourth-order valence-electron chi connectivity index (χ4n) is 1.48. The maximum Gasteiger partial charge on any atom is 0.216 e. The summed E-state index contributed by atoms with van der Waals surface area (Å²) < 4.78 is -1.35. The average Bonchev–Trinajstić information content (AvgIpc) is 2.29. The molecule has 0 aliphatic carbocycles. The summed E-state index contributed by atoms with van der Waals surface area (Å²) in [5.41, 5.74) is 2.94. The molecule has 3 heteroatoms. The van der Waals surface area contributed by atoms with Crippen LogP contribution < -0.4 is 0 Å². The summed E-state index contributed by atoms with van der Waals surface area (Å²) in [5.74, 6) is 0. The van der Waals surface area contributed by atoms with Crippen molar-refractivity contribution in [2.75, 3.05) is 0 Å². The Morgan fingerprint density at radius 2 is 1.12 bits per heavy atom. The van der Waals surface area contributed by atoms with E-state index in [2.05, 4.69) is 0 Å². The van der Waals surface area contributed by atoms with Gasteiger partial charge >= 0.3 is 0 Å². The first kappa shape index (κ1) is 11.8. The standard InChI is InChI=1S/C13H9Cl3/c14-13(15,16)12-8-6-11(7-9-12)10-4-2-1-3-5-10/h1-9H. The number of hydrogen-bond donors (Lipinski definition) is 0. The fourth-order valence-corrected chi connectivity index (χ4v) is 1.86. The number of rotatable bonds is 1. The van der Waals surface area contributed by atoms with Gasteiger partial charge in [-0.15, -0.1) is 0 Å². The molecular formula is C13H9Cl3. The molecular weight excluding hydrogens is 263 g/mol. The molecule has 2 aromatic rings. The number of hydrogen-bond acceptors (Lipinski definition) is 0. The summed E-state index contributed by atoms with van der Waals surface area (Å²) >= 11 is 17.4. The molecule has 0 N–H and O–H groups in total. The number of benzene rings is 2. The van der Waals surface area contributed by atoms with Gasteiger partial charge in [0, 0.05) is 5.56 Å². The molecule has 82 valence electrons. The summed E-state index contributed by atoms with van der Waals surface area (Å²) in [5, 5.41) is 0. The van der Waals surface area contributed by atoms with Gasteiger partial charge in [0.25, 0.3) is 0 Å². The summed E-state index contributed by atoms with van der Waals surface area (Å²) in [6, 6.07) is 17.6. The Balaban J connectivity index is 2.34. The molecule has 0 radical (unpaired) electrons. The average molecular weight is 272 g/mol. The molecule has 0 spiro atoms. The van der Waals surface area contributed by atoms with Gasteiger partial charge in [-0.05, 0) is 11.1 Å². The van der Waals surface area contributed by atoms with Crippen LogP contribution in [0.3, 0.4) is 0 Å². The highest BCUT2D eigenvalue weighted by Gasteiger charge is 2.22. The first-order chi connectivity index (χ1) is 7.57. The molecule has 0 aliphatic rings. The monoisotopic (exact) mass is 270 g/mol. The predicted octanol–water partition coefficient (Wildman–Crippen LogP) is 5.18. The molecule has 0 aliphatic heterocycles. The van der Waals surface area contributed by atoms with Crippen LogP contribution in [-0.4, -0.2) is 0 Å². The van der Waals surface area contributed by atoms with E-state index in [1.807, 2.05) is 54.6 Å². The van der Waals surface area contributed by atoms with Crippen molar-refractivity contribution in [1.82, 2.24) is 0 Å². The van der Waals surface area contributed by atoms with Crippen molar-refractivity contribution in [2.24, 2.45) is 0 Å². The van der Waals surface area contributed by atoms with Crippen molar-refractivity contribution in [1.29, 1.82) is 0 Å². The van der Waals surface area contributed by atoms with Crippen LogP contribution in [-0.2, 0) is 3.79 Å². The van der Waals surface area contributed by atoms with E-state index in [4.69, 9.17) is 34.8 Å². The Hall–Kier alpha value is -0.690. The van der Waals surface area contributed by atoms with Crippen LogP contribution in [0.15, 0.2) is 54.6 Å². The second kappa shape index (κ2) is 4.67. The predicted molar refractivity (Wildman–Crippen MR) is 71.1 cm³/mol. The van der Waals surface area contributed by atoms with Crippen molar-refractivity contribution in [3.05, 3.63) is 60.2 Å². The van der Waals surface area contributed by atoms with E-state index in [9.17, 15) is 0 Å². The Bertz CT molecular complexity index is 455. The van der Waals surface area contributed by atoms with Gasteiger partial charge < -0.3 is 0 Å². The SMILES string of the molecule is ClC(Cl)(Cl)c1ccc(-c2ccccc2)cc1. The molecule has 0 amide bonds. The van der Waals surface area contributed by atoms with Crippen LogP contribution in [0.1, 0.15) is 5.56 Å². The maximum atomic E-state index is 5.79. The molecule has 0 heterocycles. The third-order valence-electron chi connectivity index (χ3n) is 2.32. The van der Waals surface area contributed by atoms with Crippen molar-refractivity contribution < 1.29 is 0 Å². The quantitative estimate of drug-likeness (QED) is 0.627. The third-order valence-corrected chi connectivity index (χ3v) is 2.97. The van der Waals surface area contributed by atoms with E-state index >= 15 is 0 Å². The van der Waals surface area contributed by atoms with E-state index < -0.39 is 3.79 Å². The molecule has 2 rings (SSSR count). The van der Waals surface area contributed by atoms with E-state index in [-0.39, 0.29) is 0 Å². The van der Waals surface area contributed by atoms with Gasteiger partial charge in [0.05, 0.1) is 0 Å². The summed E-state index contributed by atoms with van der Waals surface area (Å²) in [4.78, 5) is 0. The molecule has 0 atom stereocenters. The van der Waals surface area contributed by atoms with Crippen molar-refractivity contribution >= 4 is 34.8 Å². The zero-order valence-electron chi connectivity index (χ0n) is 8.33. The number of alkyl halides is 3. The lowest BCUT2D eigenvalue weighted by Crippen LogP contribution is -1.98. The molecule has 16 heavy (non-hydrogen) atoms. The van der Waals surface area contributed by atoms with Gasteiger partial charge in [0.1, 0.15) is 0 Å². The lowest BCUT2D eigenvalue weighted by atomic mass is 10.0. The molecule has 2 aromatic carbocycles. The maximum absolute atomic E-state index is 5.79. The Kier molecular flexibility index (Phi) is 3.44. The van der Waals surface area contributed by atoms with E-state index in [1.54, 1.807) is 0 Å². The summed E-state index contributed by atoms with van der Waals surface area (Å²) in [7, 11) is 0. The number of halogens is 3. The smallest absolute Gasteiger partial charge is 0.0784 e. The second-order valence-corrected chi connectivity index (χ2v) is 5.72. The van der Waals surface area contributed by atoms with Gasteiger partial charge in [0.2, 0.25) is 3.79 Å². The molecule has 0 saturated heterocycles. The van der Waals surface area contributed by atoms with E-state index in [0.29, 0.717) is 5.56 Å². The Morgan fingerprint density at radius 3 is 1.62 bits per heavy atom. The molecule has 0 bridgehead atoms. The van der Waals surface area contributed by atoms with Crippen LogP contribution in [0.4, 0.5) is 0 Å². The van der Waals surface area contributed by atoms with Crippen molar-refractivity contribution in [2.45, 2.75) is 3.79 Å². The molecule has 0 unspecified atom stereocenters. The zero-order valence-corrected chi connectivity index (χ0v) is 10.6. The van der Waals surface area contributed by atoms with Crippen LogP contribution in [0, 0.1) is 0 Å². The van der Waals surface area contributed by atoms with Crippen LogP contribution >= 0.6 is 34.8 Å². The van der Waals surface area contributed by atoms with Crippen LogP contribution in [0.25, 0.3) is 11.1 Å². The van der Waals surface area contributed by atoms with Gasteiger partial charge in [-0.25, -0.2) is 0 Å². The fraction of sp³-hybridized carbons (Fsp3) is 0.0769. The highest BCUT2D eigenvalue weighted by Crippen LogP contribution is 2.38. The van der Waals surface area contributed by atoms with E-state index in [1.165, 1.54) is 0 Å². The first-order valence-electron chi connectivity index (χ1n) is 4.80. The molecule has 0 fully saturated rings. The van der Waals surface area contributed by atoms with Crippen molar-refractivity contribution in [3.63, 3.8) is 0 Å². The molecule has 0 saturated carbocycles. The minimum absolute atomic E-state index is 0.678. The van der Waals surface area contributed by atoms with Crippen LogP contribution in [0.5, 0.6) is 0 Å². The highest BCUT2D eigenvalue weighted by atomic mass is 35.6. The van der Waals surface area contributed by atoms with Gasteiger partial charge in [-0.1, -0.05) is 89.4 Å². The minimum Gasteiger partial charge on any atom is -0.0784 e. The highest BCUT2D eigenvalue weighted by molar-refractivity contribution is 6.66. The zero-order chi connectivity index (χ0) is 11.6. The largest absolute Gasteiger partial charge is 0.216 e. The van der Waals surface area contributed by atoms with Gasteiger partial charge in [-0.3, -0.25) is 0 Å². The third kappa shape index (κ3) is 2.70. The molecule has 0 nitrogen and oxygen atoms in total. The van der Waals surface area contributed by atoms with Gasteiger partial charge in [0.15, 0.2) is 0 Å². The topological polar surface area (TPSA) is 0 Å². The Labute approximate surface area is 110 Å². The van der Waals surface area contributed by atoms with Gasteiger partial charge in [-0.2, -0.15) is 0 Å². The second-order valence-electron chi connectivity index (χ2n) is 3.44. The Morgan fingerprint density at radius 1 is 0.625 bits per heavy atom. The normalized spacial score (nSPS) is 11.4. The lowest BCUT2D eigenvalue weighted by molar-refractivity contribution is 1.24. The van der Waals surface area contributed by atoms with Crippen LogP contribution in [0.2, 0.25) is 0 Å². The minimum atomic E-state index is -1.35. The lowest BCUT2D eigenvalue weighted by Gasteiger charge is -2.11. The van der Waals surface area contributed by atoms with E-state index in [0.717, 1.165) is 11.1 Å². The first-order valence-corrected chi connectivity index (χ1v) is 5.93. The summed E-state index contributed by atoms with van der Waals surface area (Å²) in [6.45, 7) is 0. The van der Waals surface area contributed by atoms with Crippen molar-refractivity contribution in [3.8, 4) is 11.1 Å². The molecule has 0 aromatic heterocycles. The summed E-state index contributed by atoms with van der Waals surface area (Å²) in [6.07, 6.45) is 0.